The molecular weight excluding hydrogens is 422 g/mol. The molecule has 1 aliphatic heterocycles. The van der Waals surface area contributed by atoms with Crippen molar-refractivity contribution in [2.24, 2.45) is 16.3 Å². The van der Waals surface area contributed by atoms with Gasteiger partial charge >= 0.3 is 5.97 Å². The Balaban J connectivity index is 2.22. The van der Waals surface area contributed by atoms with E-state index in [1.807, 2.05) is 19.9 Å². The lowest BCUT2D eigenvalue weighted by Gasteiger charge is -2.39. The monoisotopic (exact) mass is 457 g/mol. The molecule has 33 heavy (non-hydrogen) atoms. The summed E-state index contributed by atoms with van der Waals surface area (Å²) in [4.78, 5) is 31.5. The predicted molar refractivity (Wildman–Crippen MR) is 126 cm³/mol. The van der Waals surface area contributed by atoms with Crippen LogP contribution in [0.2, 0.25) is 0 Å². The number of ether oxygens (including phenoxy) is 4. The topological polar surface area (TPSA) is 83.4 Å². The lowest BCUT2D eigenvalue weighted by atomic mass is 9.66. The Morgan fingerprint density at radius 2 is 1.79 bits per heavy atom. The Kier molecular flexibility index (Phi) is 7.50. The Morgan fingerprint density at radius 3 is 2.39 bits per heavy atom. The van der Waals surface area contributed by atoms with E-state index < -0.39 is 11.8 Å². The van der Waals surface area contributed by atoms with Crippen LogP contribution >= 0.6 is 0 Å². The van der Waals surface area contributed by atoms with Crippen LogP contribution in [-0.4, -0.2) is 45.4 Å². The van der Waals surface area contributed by atoms with Gasteiger partial charge in [0.15, 0.2) is 17.3 Å². The number of ketones is 1. The summed E-state index contributed by atoms with van der Waals surface area (Å²) < 4.78 is 22.4. The molecule has 1 aliphatic carbocycles. The van der Waals surface area contributed by atoms with Gasteiger partial charge in [-0.15, -0.1) is 0 Å². The molecule has 0 aromatic heterocycles. The van der Waals surface area contributed by atoms with E-state index in [2.05, 4.69) is 13.8 Å². The first kappa shape index (κ1) is 24.8. The summed E-state index contributed by atoms with van der Waals surface area (Å²) in [5.41, 5.74) is 2.45. The van der Waals surface area contributed by atoms with Crippen LogP contribution in [0.25, 0.3) is 0 Å². The van der Waals surface area contributed by atoms with E-state index in [1.165, 1.54) is 7.11 Å². The Morgan fingerprint density at radius 1 is 1.09 bits per heavy atom. The summed E-state index contributed by atoms with van der Waals surface area (Å²) in [5.74, 6) is -0.315. The molecule has 0 saturated carbocycles. The van der Waals surface area contributed by atoms with Crippen LogP contribution in [0.4, 0.5) is 0 Å². The summed E-state index contributed by atoms with van der Waals surface area (Å²) in [6.45, 7) is 8.34. The standard InChI is InChI=1S/C26H35NO6/c1-8-9-12-33-25(29)20-15(2)27-17-13-26(3,4)14-18(28)22(17)21(20)16-10-11-19(30-5)24(32-7)23(16)31-6/h10-11,20-21H,8-9,12-14H2,1-7H3/t20?,21-/m0/s1. The number of aliphatic imine (C=N–C) groups is 1. The number of methoxy groups -OCH3 is 3. The van der Waals surface area contributed by atoms with Crippen molar-refractivity contribution in [1.29, 1.82) is 0 Å². The molecule has 1 unspecified atom stereocenters. The van der Waals surface area contributed by atoms with Crippen LogP contribution in [-0.2, 0) is 14.3 Å². The maximum atomic E-state index is 13.5. The van der Waals surface area contributed by atoms with E-state index >= 15 is 0 Å². The number of carbonyl (C=O) groups is 2. The van der Waals surface area contributed by atoms with Crippen LogP contribution in [0.15, 0.2) is 28.4 Å². The zero-order valence-electron chi connectivity index (χ0n) is 20.7. The minimum Gasteiger partial charge on any atom is -0.493 e. The molecule has 0 saturated heterocycles. The van der Waals surface area contributed by atoms with Crippen molar-refractivity contribution in [1.82, 2.24) is 0 Å². The molecule has 7 nitrogen and oxygen atoms in total. The van der Waals surface area contributed by atoms with Gasteiger partial charge < -0.3 is 18.9 Å². The minimum atomic E-state index is -0.724. The van der Waals surface area contributed by atoms with Crippen molar-refractivity contribution < 1.29 is 28.5 Å². The number of nitrogens with zero attached hydrogens (tertiary/aromatic N) is 1. The van der Waals surface area contributed by atoms with Gasteiger partial charge in [-0.05, 0) is 31.2 Å². The number of unbranched alkanes of at least 4 members (excludes halogenated alkanes) is 1. The first-order valence-electron chi connectivity index (χ1n) is 11.5. The highest BCUT2D eigenvalue weighted by molar-refractivity contribution is 6.09. The van der Waals surface area contributed by atoms with Crippen LogP contribution < -0.4 is 14.2 Å². The van der Waals surface area contributed by atoms with Gasteiger partial charge in [0.1, 0.15) is 5.92 Å². The van der Waals surface area contributed by atoms with Crippen molar-refractivity contribution >= 4 is 17.5 Å². The van der Waals surface area contributed by atoms with E-state index in [9.17, 15) is 9.59 Å². The summed E-state index contributed by atoms with van der Waals surface area (Å²) in [5, 5.41) is 0. The lowest BCUT2D eigenvalue weighted by Crippen LogP contribution is -2.39. The van der Waals surface area contributed by atoms with Gasteiger partial charge in [-0.1, -0.05) is 33.3 Å². The van der Waals surface area contributed by atoms with Crippen molar-refractivity contribution in [3.05, 3.63) is 29.0 Å². The molecule has 3 rings (SSSR count). The van der Waals surface area contributed by atoms with Gasteiger partial charge in [-0.25, -0.2) is 0 Å². The van der Waals surface area contributed by atoms with Gasteiger partial charge in [0.25, 0.3) is 0 Å². The fourth-order valence-electron chi connectivity index (χ4n) is 4.86. The third-order valence-electron chi connectivity index (χ3n) is 6.37. The van der Waals surface area contributed by atoms with Gasteiger partial charge in [-0.2, -0.15) is 0 Å². The number of hydrogen-bond donors (Lipinski definition) is 0. The number of allylic oxidation sites excluding steroid dienone is 2. The molecule has 0 N–H and O–H groups in total. The first-order valence-corrected chi connectivity index (χ1v) is 11.5. The Labute approximate surface area is 196 Å². The lowest BCUT2D eigenvalue weighted by molar-refractivity contribution is -0.146. The van der Waals surface area contributed by atoms with Crippen molar-refractivity contribution in [3.8, 4) is 17.2 Å². The van der Waals surface area contributed by atoms with Gasteiger partial charge in [0.05, 0.1) is 27.9 Å². The van der Waals surface area contributed by atoms with Gasteiger partial charge in [0, 0.05) is 34.9 Å². The zero-order valence-corrected chi connectivity index (χ0v) is 20.7. The summed E-state index contributed by atoms with van der Waals surface area (Å²) in [6.07, 6.45) is 2.75. The van der Waals surface area contributed by atoms with E-state index in [0.29, 0.717) is 53.5 Å². The Hall–Kier alpha value is -2.83. The average Bonchev–Trinajstić information content (AvgIpc) is 2.76. The molecule has 0 radical (unpaired) electrons. The molecule has 0 fully saturated rings. The molecule has 7 heteroatoms. The molecule has 0 spiro atoms. The number of rotatable bonds is 8. The fourth-order valence-corrected chi connectivity index (χ4v) is 4.86. The molecule has 1 aromatic rings. The second kappa shape index (κ2) is 9.98. The third-order valence-corrected chi connectivity index (χ3v) is 6.37. The molecule has 1 heterocycles. The summed E-state index contributed by atoms with van der Waals surface area (Å²) in [7, 11) is 4.63. The Bertz CT molecular complexity index is 991. The quantitative estimate of drug-likeness (QED) is 0.409. The number of carbonyl (C=O) groups excluding carboxylic acids is 2. The predicted octanol–water partition coefficient (Wildman–Crippen LogP) is 4.87. The van der Waals surface area contributed by atoms with E-state index in [1.54, 1.807) is 20.3 Å². The summed E-state index contributed by atoms with van der Waals surface area (Å²) in [6, 6.07) is 3.61. The highest BCUT2D eigenvalue weighted by Crippen LogP contribution is 2.52. The highest BCUT2D eigenvalue weighted by Gasteiger charge is 2.47. The van der Waals surface area contributed by atoms with Gasteiger partial charge in [0.2, 0.25) is 5.75 Å². The van der Waals surface area contributed by atoms with E-state index in [0.717, 1.165) is 18.5 Å². The molecule has 1 aromatic carbocycles. The van der Waals surface area contributed by atoms with Crippen LogP contribution in [0, 0.1) is 11.3 Å². The molecule has 180 valence electrons. The van der Waals surface area contributed by atoms with E-state index in [-0.39, 0.29) is 17.2 Å². The number of hydrogen-bond acceptors (Lipinski definition) is 7. The molecule has 0 amide bonds. The summed E-state index contributed by atoms with van der Waals surface area (Å²) >= 11 is 0. The zero-order chi connectivity index (χ0) is 24.3. The van der Waals surface area contributed by atoms with Crippen LogP contribution in [0.3, 0.4) is 0 Å². The number of benzene rings is 1. The maximum absolute atomic E-state index is 13.5. The van der Waals surface area contributed by atoms with Crippen molar-refractivity contribution in [2.75, 3.05) is 27.9 Å². The third kappa shape index (κ3) is 4.77. The molecule has 2 atom stereocenters. The largest absolute Gasteiger partial charge is 0.493 e. The SMILES string of the molecule is CCCCOC(=O)C1C(C)=NC2=C(C(=O)CC(C)(C)C2)[C@H]1c1ccc(OC)c(OC)c1OC. The number of esters is 1. The highest BCUT2D eigenvalue weighted by atomic mass is 16.5. The molecule has 2 aliphatic rings. The second-order valence-corrected chi connectivity index (χ2v) is 9.45. The van der Waals surface area contributed by atoms with Crippen LogP contribution in [0.5, 0.6) is 17.2 Å². The van der Waals surface area contributed by atoms with Crippen molar-refractivity contribution in [3.63, 3.8) is 0 Å². The van der Waals surface area contributed by atoms with Crippen LogP contribution in [0.1, 0.15) is 64.9 Å². The molecule has 0 bridgehead atoms. The average molecular weight is 458 g/mol. The maximum Gasteiger partial charge on any atom is 0.315 e. The smallest absolute Gasteiger partial charge is 0.315 e. The first-order chi connectivity index (χ1) is 15.7. The minimum absolute atomic E-state index is 0.00527. The van der Waals surface area contributed by atoms with Gasteiger partial charge in [-0.3, -0.25) is 14.6 Å². The molecular formula is C26H35NO6. The fraction of sp³-hybridized carbons (Fsp3) is 0.577. The number of Topliss-reactive ketones (excluding diaryl/α,β-unsaturated/α-hetero) is 1. The normalized spacial score (nSPS) is 21.8. The van der Waals surface area contributed by atoms with Crippen molar-refractivity contribution in [2.45, 2.75) is 59.3 Å². The second-order valence-electron chi connectivity index (χ2n) is 9.45. The van der Waals surface area contributed by atoms with E-state index in [4.69, 9.17) is 23.9 Å².